The predicted molar refractivity (Wildman–Crippen MR) is 43.7 cm³/mol. The van der Waals surface area contributed by atoms with E-state index in [1.165, 1.54) is 18.4 Å². The summed E-state index contributed by atoms with van der Waals surface area (Å²) in [4.78, 5) is 0. The lowest BCUT2D eigenvalue weighted by Gasteiger charge is -2.05. The molecule has 0 N–H and O–H groups in total. The van der Waals surface area contributed by atoms with E-state index in [0.717, 1.165) is 5.92 Å². The Labute approximate surface area is 67.0 Å². The van der Waals surface area contributed by atoms with Crippen molar-refractivity contribution < 1.29 is 0 Å². The van der Waals surface area contributed by atoms with E-state index in [2.05, 4.69) is 24.3 Å². The molecule has 0 amide bonds. The minimum atomic E-state index is 0.590. The smallest absolute Gasteiger partial charge is 0.0663 e. The monoisotopic (exact) mass is 145 g/mol. The number of allylic oxidation sites excluding steroid dienone is 4. The molecule has 0 aromatic rings. The zero-order valence-corrected chi connectivity index (χ0v) is 6.46. The molecule has 1 fully saturated rings. The van der Waals surface area contributed by atoms with Gasteiger partial charge in [-0.05, 0) is 24.7 Å². The van der Waals surface area contributed by atoms with E-state index in [-0.39, 0.29) is 0 Å². The van der Waals surface area contributed by atoms with Crippen LogP contribution in [0.2, 0.25) is 0 Å². The first kappa shape index (κ1) is 6.67. The van der Waals surface area contributed by atoms with Crippen molar-refractivity contribution in [3.05, 3.63) is 23.8 Å². The average molecular weight is 145 g/mol. The fraction of sp³-hybridized carbons (Fsp3) is 0.500. The van der Waals surface area contributed by atoms with E-state index in [9.17, 15) is 0 Å². The van der Waals surface area contributed by atoms with Gasteiger partial charge in [0.15, 0.2) is 0 Å². The van der Waals surface area contributed by atoms with Crippen LogP contribution in [0.15, 0.2) is 23.8 Å². The second-order valence-corrected chi connectivity index (χ2v) is 3.33. The highest BCUT2D eigenvalue weighted by Crippen LogP contribution is 2.42. The van der Waals surface area contributed by atoms with E-state index in [1.807, 2.05) is 0 Å². The molecular weight excluding hydrogens is 134 g/mol. The topological polar surface area (TPSA) is 23.8 Å². The Hall–Kier alpha value is -1.03. The van der Waals surface area contributed by atoms with Gasteiger partial charge in [0.05, 0.1) is 12.5 Å². The lowest BCUT2D eigenvalue weighted by Crippen LogP contribution is -1.91. The van der Waals surface area contributed by atoms with Gasteiger partial charge in [0.25, 0.3) is 0 Å². The number of hydrogen-bond acceptors (Lipinski definition) is 1. The summed E-state index contributed by atoms with van der Waals surface area (Å²) in [6.07, 6.45) is 9.81. The molecule has 0 aromatic carbocycles. The number of hydrogen-bond donors (Lipinski definition) is 0. The average Bonchev–Trinajstić information content (AvgIpc) is 2.60. The second kappa shape index (κ2) is 2.54. The van der Waals surface area contributed by atoms with Gasteiger partial charge in [-0.2, -0.15) is 5.26 Å². The van der Waals surface area contributed by atoms with Gasteiger partial charge in [-0.1, -0.05) is 23.8 Å². The van der Waals surface area contributed by atoms with Crippen molar-refractivity contribution in [1.29, 1.82) is 5.26 Å². The lowest BCUT2D eigenvalue weighted by atomic mass is 10.00. The van der Waals surface area contributed by atoms with Crippen LogP contribution in [-0.4, -0.2) is 0 Å². The maximum Gasteiger partial charge on any atom is 0.0663 e. The van der Waals surface area contributed by atoms with E-state index >= 15 is 0 Å². The predicted octanol–water partition coefficient (Wildman–Crippen LogP) is 2.42. The van der Waals surface area contributed by atoms with Crippen LogP contribution in [0.3, 0.4) is 0 Å². The Kier molecular flexibility index (Phi) is 1.54. The quantitative estimate of drug-likeness (QED) is 0.520. The van der Waals surface area contributed by atoms with Gasteiger partial charge in [0.1, 0.15) is 0 Å². The normalized spacial score (nSPS) is 36.5. The molecular formula is C10H11N. The number of nitriles is 1. The molecule has 0 heterocycles. The van der Waals surface area contributed by atoms with Crippen molar-refractivity contribution in [2.24, 2.45) is 11.8 Å². The summed E-state index contributed by atoms with van der Waals surface area (Å²) in [6, 6.07) is 2.15. The van der Waals surface area contributed by atoms with Crippen molar-refractivity contribution in [2.45, 2.75) is 19.3 Å². The molecule has 0 spiro atoms. The molecule has 11 heavy (non-hydrogen) atoms. The van der Waals surface area contributed by atoms with Crippen molar-refractivity contribution in [2.75, 3.05) is 0 Å². The first-order chi connectivity index (χ1) is 5.40. The SMILES string of the molecule is N#CC/C=C1/C[C@@H]2C=C[C@H]1C2. The van der Waals surface area contributed by atoms with Gasteiger partial charge < -0.3 is 0 Å². The zero-order valence-electron chi connectivity index (χ0n) is 6.46. The molecule has 2 atom stereocenters. The third-order valence-corrected chi connectivity index (χ3v) is 2.60. The molecule has 0 aromatic heterocycles. The highest BCUT2D eigenvalue weighted by atomic mass is 14.3. The molecule has 0 radical (unpaired) electrons. The van der Waals surface area contributed by atoms with Gasteiger partial charge in [0, 0.05) is 0 Å². The summed E-state index contributed by atoms with van der Waals surface area (Å²) < 4.78 is 0. The van der Waals surface area contributed by atoms with Crippen molar-refractivity contribution in [3.63, 3.8) is 0 Å². The molecule has 0 aliphatic heterocycles. The van der Waals surface area contributed by atoms with E-state index in [1.54, 1.807) is 0 Å². The minimum absolute atomic E-state index is 0.590. The first-order valence-electron chi connectivity index (χ1n) is 4.14. The molecule has 1 nitrogen and oxygen atoms in total. The fourth-order valence-corrected chi connectivity index (χ4v) is 2.07. The maximum atomic E-state index is 8.38. The Morgan fingerprint density at radius 1 is 1.64 bits per heavy atom. The van der Waals surface area contributed by atoms with Gasteiger partial charge in [-0.15, -0.1) is 0 Å². The Bertz CT molecular complexity index is 255. The summed E-state index contributed by atoms with van der Waals surface area (Å²) >= 11 is 0. The standard InChI is InChI=1S/C10H11N/c11-5-1-2-9-6-8-3-4-10(9)7-8/h2-4,8,10H,1,6-7H2/b9-2-/t8-,10-/m0/s1. The van der Waals surface area contributed by atoms with Crippen LogP contribution in [0.4, 0.5) is 0 Å². The van der Waals surface area contributed by atoms with Crippen LogP contribution in [0.25, 0.3) is 0 Å². The summed E-state index contributed by atoms with van der Waals surface area (Å²) in [7, 11) is 0. The Morgan fingerprint density at radius 2 is 2.55 bits per heavy atom. The van der Waals surface area contributed by atoms with Crippen LogP contribution in [0.5, 0.6) is 0 Å². The summed E-state index contributed by atoms with van der Waals surface area (Å²) in [5, 5.41) is 8.38. The van der Waals surface area contributed by atoms with Crippen LogP contribution in [-0.2, 0) is 0 Å². The van der Waals surface area contributed by atoms with Crippen LogP contribution in [0, 0.1) is 23.2 Å². The Morgan fingerprint density at radius 3 is 3.09 bits per heavy atom. The van der Waals surface area contributed by atoms with E-state index in [0.29, 0.717) is 12.3 Å². The van der Waals surface area contributed by atoms with Crippen molar-refractivity contribution in [3.8, 4) is 6.07 Å². The summed E-state index contributed by atoms with van der Waals surface area (Å²) in [5.74, 6) is 1.48. The highest BCUT2D eigenvalue weighted by molar-refractivity contribution is 5.27. The van der Waals surface area contributed by atoms with Gasteiger partial charge in [-0.3, -0.25) is 0 Å². The van der Waals surface area contributed by atoms with Crippen LogP contribution in [0.1, 0.15) is 19.3 Å². The third kappa shape index (κ3) is 1.09. The molecule has 2 aliphatic carbocycles. The van der Waals surface area contributed by atoms with E-state index in [4.69, 9.17) is 5.26 Å². The second-order valence-electron chi connectivity index (χ2n) is 3.33. The first-order valence-corrected chi connectivity index (χ1v) is 4.14. The molecule has 1 saturated carbocycles. The molecule has 0 unspecified atom stereocenters. The maximum absolute atomic E-state index is 8.38. The van der Waals surface area contributed by atoms with Crippen LogP contribution < -0.4 is 0 Å². The largest absolute Gasteiger partial charge is 0.198 e. The van der Waals surface area contributed by atoms with Crippen molar-refractivity contribution >= 4 is 0 Å². The van der Waals surface area contributed by atoms with E-state index < -0.39 is 0 Å². The molecule has 2 bridgehead atoms. The molecule has 2 rings (SSSR count). The minimum Gasteiger partial charge on any atom is -0.198 e. The number of fused-ring (bicyclic) bond motifs is 2. The summed E-state index contributed by atoms with van der Waals surface area (Å²) in [6.45, 7) is 0. The fourth-order valence-electron chi connectivity index (χ4n) is 2.07. The number of rotatable bonds is 1. The lowest BCUT2D eigenvalue weighted by molar-refractivity contribution is 0.693. The molecule has 56 valence electrons. The van der Waals surface area contributed by atoms with Gasteiger partial charge >= 0.3 is 0 Å². The third-order valence-electron chi connectivity index (χ3n) is 2.60. The summed E-state index contributed by atoms with van der Waals surface area (Å²) in [5.41, 5.74) is 1.50. The van der Waals surface area contributed by atoms with Crippen LogP contribution >= 0.6 is 0 Å². The molecule has 1 heteroatoms. The molecule has 0 saturated heterocycles. The van der Waals surface area contributed by atoms with Crippen molar-refractivity contribution in [1.82, 2.24) is 0 Å². The molecule has 2 aliphatic rings. The van der Waals surface area contributed by atoms with Gasteiger partial charge in [-0.25, -0.2) is 0 Å². The zero-order chi connectivity index (χ0) is 7.68. The Balaban J connectivity index is 2.09. The van der Waals surface area contributed by atoms with Gasteiger partial charge in [0.2, 0.25) is 0 Å². The highest BCUT2D eigenvalue weighted by Gasteiger charge is 2.29. The number of nitrogens with zero attached hydrogens (tertiary/aromatic N) is 1.